The summed E-state index contributed by atoms with van der Waals surface area (Å²) in [7, 11) is 0. The highest BCUT2D eigenvalue weighted by Gasteiger charge is 2.32. The molecule has 0 aliphatic carbocycles. The number of rotatable bonds is 2. The van der Waals surface area contributed by atoms with Gasteiger partial charge in [0.15, 0.2) is 5.82 Å². The second-order valence-electron chi connectivity index (χ2n) is 3.55. The van der Waals surface area contributed by atoms with Crippen LogP contribution in [0.2, 0.25) is 0 Å². The van der Waals surface area contributed by atoms with Gasteiger partial charge >= 0.3 is 5.76 Å². The number of halogens is 2. The Bertz CT molecular complexity index is 444. The van der Waals surface area contributed by atoms with Gasteiger partial charge in [0.1, 0.15) is 0 Å². The van der Waals surface area contributed by atoms with E-state index in [0.29, 0.717) is 18.8 Å². The molecular formula is C8H9ClFN3O3. The molecule has 6 nitrogen and oxygen atoms in total. The first kappa shape index (κ1) is 11.1. The Morgan fingerprint density at radius 1 is 1.75 bits per heavy atom. The Kier molecular flexibility index (Phi) is 2.95. The van der Waals surface area contributed by atoms with Crippen LogP contribution in [0.5, 0.6) is 0 Å². The predicted octanol–water partition coefficient (Wildman–Crippen LogP) is 0.213. The SMILES string of the molecule is O=C(C(F)Cl)N1CCC(c2noc(=O)[nH]2)C1. The Balaban J connectivity index is 2.03. The van der Waals surface area contributed by atoms with Crippen molar-refractivity contribution >= 4 is 17.5 Å². The number of hydrogen-bond acceptors (Lipinski definition) is 4. The van der Waals surface area contributed by atoms with Crippen LogP contribution in [0, 0.1) is 0 Å². The fourth-order valence-electron chi connectivity index (χ4n) is 1.74. The molecular weight excluding hydrogens is 241 g/mol. The van der Waals surface area contributed by atoms with Crippen LogP contribution in [-0.4, -0.2) is 39.7 Å². The number of aromatic nitrogens is 2. The average molecular weight is 250 g/mol. The van der Waals surface area contributed by atoms with E-state index in [1.54, 1.807) is 0 Å². The maximum atomic E-state index is 12.6. The number of H-pyrrole nitrogens is 1. The maximum Gasteiger partial charge on any atom is 0.438 e. The first-order valence-electron chi connectivity index (χ1n) is 4.70. The highest BCUT2D eigenvalue weighted by atomic mass is 35.5. The van der Waals surface area contributed by atoms with Crippen molar-refractivity contribution in [2.45, 2.75) is 18.0 Å². The van der Waals surface area contributed by atoms with Gasteiger partial charge in [0.2, 0.25) is 0 Å². The van der Waals surface area contributed by atoms with Crippen molar-refractivity contribution in [3.8, 4) is 0 Å². The fourth-order valence-corrected chi connectivity index (χ4v) is 1.88. The van der Waals surface area contributed by atoms with Gasteiger partial charge in [-0.1, -0.05) is 16.8 Å². The zero-order chi connectivity index (χ0) is 11.7. The van der Waals surface area contributed by atoms with E-state index in [-0.39, 0.29) is 12.5 Å². The van der Waals surface area contributed by atoms with Crippen molar-refractivity contribution in [3.63, 3.8) is 0 Å². The molecule has 1 amide bonds. The Morgan fingerprint density at radius 3 is 3.06 bits per heavy atom. The van der Waals surface area contributed by atoms with Crippen molar-refractivity contribution in [3.05, 3.63) is 16.4 Å². The number of carbonyl (C=O) groups excluding carboxylic acids is 1. The summed E-state index contributed by atoms with van der Waals surface area (Å²) < 4.78 is 16.9. The lowest BCUT2D eigenvalue weighted by molar-refractivity contribution is -0.132. The molecule has 16 heavy (non-hydrogen) atoms. The Labute approximate surface area is 94.4 Å². The highest BCUT2D eigenvalue weighted by molar-refractivity contribution is 6.29. The minimum atomic E-state index is -2.02. The van der Waals surface area contributed by atoms with Gasteiger partial charge in [-0.15, -0.1) is 0 Å². The molecule has 0 bridgehead atoms. The second kappa shape index (κ2) is 4.25. The van der Waals surface area contributed by atoms with Crippen molar-refractivity contribution in [2.75, 3.05) is 13.1 Å². The number of carbonyl (C=O) groups is 1. The lowest BCUT2D eigenvalue weighted by Crippen LogP contribution is -2.33. The van der Waals surface area contributed by atoms with E-state index in [1.165, 1.54) is 4.90 Å². The number of hydrogen-bond donors (Lipinski definition) is 1. The zero-order valence-corrected chi connectivity index (χ0v) is 8.91. The van der Waals surface area contributed by atoms with Crippen LogP contribution in [-0.2, 0) is 4.79 Å². The van der Waals surface area contributed by atoms with E-state index in [9.17, 15) is 14.0 Å². The van der Waals surface area contributed by atoms with Crippen LogP contribution in [0.4, 0.5) is 4.39 Å². The smallest absolute Gasteiger partial charge is 0.338 e. The molecule has 2 heterocycles. The summed E-state index contributed by atoms with van der Waals surface area (Å²) in [5, 5.41) is 3.53. The number of amides is 1. The third kappa shape index (κ3) is 2.08. The van der Waals surface area contributed by atoms with Gasteiger partial charge in [-0.05, 0) is 6.42 Å². The molecule has 1 aromatic heterocycles. The third-order valence-corrected chi connectivity index (χ3v) is 2.72. The number of alkyl halides is 2. The molecule has 0 aromatic carbocycles. The molecule has 1 N–H and O–H groups in total. The Hall–Kier alpha value is -1.37. The van der Waals surface area contributed by atoms with Crippen LogP contribution >= 0.6 is 11.6 Å². The van der Waals surface area contributed by atoms with Gasteiger partial charge in [0.05, 0.1) is 0 Å². The standard InChI is InChI=1S/C8H9ClFN3O3/c9-5(10)7(14)13-2-1-4(3-13)6-11-8(15)16-12-6/h4-5H,1-3H2,(H,11,12,15). The molecule has 0 spiro atoms. The minimum absolute atomic E-state index is 0.134. The molecule has 1 saturated heterocycles. The van der Waals surface area contributed by atoms with Crippen molar-refractivity contribution < 1.29 is 13.7 Å². The largest absolute Gasteiger partial charge is 0.438 e. The normalized spacial score (nSPS) is 22.4. The molecule has 2 rings (SSSR count). The van der Waals surface area contributed by atoms with Gasteiger partial charge in [0.25, 0.3) is 11.5 Å². The molecule has 88 valence electrons. The molecule has 1 aromatic rings. The fraction of sp³-hybridized carbons (Fsp3) is 0.625. The lowest BCUT2D eigenvalue weighted by Gasteiger charge is -2.15. The lowest BCUT2D eigenvalue weighted by atomic mass is 10.1. The van der Waals surface area contributed by atoms with Gasteiger partial charge in [-0.2, -0.15) is 0 Å². The summed E-state index contributed by atoms with van der Waals surface area (Å²) in [6.07, 6.45) is 0.595. The molecule has 1 aliphatic rings. The number of aromatic amines is 1. The molecule has 1 aliphatic heterocycles. The van der Waals surface area contributed by atoms with Gasteiger partial charge in [-0.25, -0.2) is 9.18 Å². The van der Waals surface area contributed by atoms with Crippen LogP contribution in [0.25, 0.3) is 0 Å². The number of nitrogens with zero attached hydrogens (tertiary/aromatic N) is 2. The predicted molar refractivity (Wildman–Crippen MR) is 51.8 cm³/mol. The molecule has 8 heteroatoms. The monoisotopic (exact) mass is 249 g/mol. The van der Waals surface area contributed by atoms with Gasteiger partial charge in [0, 0.05) is 19.0 Å². The van der Waals surface area contributed by atoms with Gasteiger partial charge < -0.3 is 4.90 Å². The summed E-state index contributed by atoms with van der Waals surface area (Å²) in [5.74, 6) is -1.15. The first-order valence-corrected chi connectivity index (χ1v) is 5.14. The summed E-state index contributed by atoms with van der Waals surface area (Å²) in [6, 6.07) is 0. The van der Waals surface area contributed by atoms with Crippen LogP contribution in [0.15, 0.2) is 9.32 Å². The number of likely N-dealkylation sites (tertiary alicyclic amines) is 1. The van der Waals surface area contributed by atoms with E-state index < -0.39 is 17.3 Å². The third-order valence-electron chi connectivity index (χ3n) is 2.53. The van der Waals surface area contributed by atoms with E-state index in [2.05, 4.69) is 14.7 Å². The zero-order valence-electron chi connectivity index (χ0n) is 8.15. The Morgan fingerprint density at radius 2 is 2.50 bits per heavy atom. The van der Waals surface area contributed by atoms with Crippen molar-refractivity contribution in [1.82, 2.24) is 15.0 Å². The molecule has 0 radical (unpaired) electrons. The summed E-state index contributed by atoms with van der Waals surface area (Å²) >= 11 is 5.06. The van der Waals surface area contributed by atoms with E-state index in [1.807, 2.05) is 0 Å². The average Bonchev–Trinajstić information content (AvgIpc) is 2.84. The maximum absolute atomic E-state index is 12.6. The number of nitrogens with one attached hydrogen (secondary N) is 1. The second-order valence-corrected chi connectivity index (χ2v) is 3.93. The molecule has 0 saturated carbocycles. The van der Waals surface area contributed by atoms with Crippen LogP contribution < -0.4 is 5.76 Å². The molecule has 2 unspecified atom stereocenters. The van der Waals surface area contributed by atoms with E-state index >= 15 is 0 Å². The highest BCUT2D eigenvalue weighted by Crippen LogP contribution is 2.25. The van der Waals surface area contributed by atoms with Crippen molar-refractivity contribution in [2.24, 2.45) is 0 Å². The van der Waals surface area contributed by atoms with Crippen molar-refractivity contribution in [1.29, 1.82) is 0 Å². The topological polar surface area (TPSA) is 79.2 Å². The first-order chi connectivity index (χ1) is 7.58. The van der Waals surface area contributed by atoms with E-state index in [0.717, 1.165) is 0 Å². The summed E-state index contributed by atoms with van der Waals surface area (Å²) in [6.45, 7) is 0.681. The summed E-state index contributed by atoms with van der Waals surface area (Å²) in [5.41, 5.74) is -2.02. The molecule has 2 atom stereocenters. The van der Waals surface area contributed by atoms with E-state index in [4.69, 9.17) is 11.6 Å². The van der Waals surface area contributed by atoms with Gasteiger partial charge in [-0.3, -0.25) is 14.3 Å². The minimum Gasteiger partial charge on any atom is -0.338 e. The van der Waals surface area contributed by atoms with Crippen LogP contribution in [0.1, 0.15) is 18.2 Å². The summed E-state index contributed by atoms with van der Waals surface area (Å²) in [4.78, 5) is 25.7. The quantitative estimate of drug-likeness (QED) is 0.760. The van der Waals surface area contributed by atoms with Crippen LogP contribution in [0.3, 0.4) is 0 Å². The molecule has 1 fully saturated rings.